The van der Waals surface area contributed by atoms with E-state index >= 15 is 0 Å². The maximum atomic E-state index is 6.10. The van der Waals surface area contributed by atoms with E-state index in [2.05, 4.69) is 15.6 Å². The van der Waals surface area contributed by atoms with Crippen molar-refractivity contribution in [1.82, 2.24) is 14.9 Å². The summed E-state index contributed by atoms with van der Waals surface area (Å²) in [4.78, 5) is 0. The highest BCUT2D eigenvalue weighted by Gasteiger charge is 2.11. The summed E-state index contributed by atoms with van der Waals surface area (Å²) in [7, 11) is 1.82. The molecule has 5 nitrogen and oxygen atoms in total. The van der Waals surface area contributed by atoms with Crippen molar-refractivity contribution in [2.45, 2.75) is 20.4 Å². The lowest BCUT2D eigenvalue weighted by Crippen LogP contribution is -2.00. The van der Waals surface area contributed by atoms with Crippen LogP contribution in [0.5, 0.6) is 0 Å². The van der Waals surface area contributed by atoms with Crippen LogP contribution in [0, 0.1) is 13.8 Å². The van der Waals surface area contributed by atoms with Gasteiger partial charge in [0.25, 0.3) is 0 Å². The Balaban J connectivity index is 2.10. The van der Waals surface area contributed by atoms with Crippen LogP contribution in [0.2, 0.25) is 5.15 Å². The molecule has 0 saturated heterocycles. The zero-order valence-corrected chi connectivity index (χ0v) is 10.2. The molecule has 0 atom stereocenters. The number of halogens is 1. The summed E-state index contributed by atoms with van der Waals surface area (Å²) >= 11 is 6.10. The third-order valence-corrected chi connectivity index (χ3v) is 2.82. The molecule has 6 heteroatoms. The average molecular weight is 241 g/mol. The van der Waals surface area contributed by atoms with Crippen molar-refractivity contribution in [3.05, 3.63) is 28.2 Å². The van der Waals surface area contributed by atoms with Gasteiger partial charge in [0.05, 0.1) is 5.69 Å². The smallest absolute Gasteiger partial charge is 0.169 e. The Morgan fingerprint density at radius 3 is 2.75 bits per heavy atom. The molecule has 0 aliphatic heterocycles. The summed E-state index contributed by atoms with van der Waals surface area (Å²) in [5, 5.41) is 11.8. The molecule has 86 valence electrons. The largest absolute Gasteiger partial charge is 0.363 e. The molecule has 16 heavy (non-hydrogen) atoms. The first-order valence-electron chi connectivity index (χ1n) is 4.93. The first-order chi connectivity index (χ1) is 7.58. The molecule has 0 aliphatic rings. The molecule has 2 rings (SSSR count). The summed E-state index contributed by atoms with van der Waals surface area (Å²) in [5.74, 6) is 1.48. The molecule has 0 aromatic carbocycles. The average Bonchev–Trinajstić information content (AvgIpc) is 2.72. The first kappa shape index (κ1) is 11.0. The number of hydrogen-bond acceptors (Lipinski definition) is 4. The van der Waals surface area contributed by atoms with Gasteiger partial charge in [-0.25, -0.2) is 0 Å². The van der Waals surface area contributed by atoms with Crippen LogP contribution in [0.4, 0.5) is 5.82 Å². The van der Waals surface area contributed by atoms with E-state index in [9.17, 15) is 0 Å². The van der Waals surface area contributed by atoms with Gasteiger partial charge < -0.3 is 9.84 Å². The Kier molecular flexibility index (Phi) is 2.87. The molecule has 0 saturated carbocycles. The fraction of sp³-hybridized carbons (Fsp3) is 0.400. The lowest BCUT2D eigenvalue weighted by Gasteiger charge is -2.01. The molecule has 2 aromatic rings. The van der Waals surface area contributed by atoms with Crippen LogP contribution in [0.15, 0.2) is 10.6 Å². The van der Waals surface area contributed by atoms with Gasteiger partial charge in [0, 0.05) is 25.2 Å². The minimum Gasteiger partial charge on any atom is -0.363 e. The van der Waals surface area contributed by atoms with Crippen molar-refractivity contribution in [3.63, 3.8) is 0 Å². The van der Waals surface area contributed by atoms with E-state index < -0.39 is 0 Å². The maximum Gasteiger partial charge on any atom is 0.169 e. The summed E-state index contributed by atoms with van der Waals surface area (Å²) in [6.45, 7) is 4.36. The van der Waals surface area contributed by atoms with E-state index in [0.717, 1.165) is 17.0 Å². The third kappa shape index (κ3) is 2.04. The molecule has 0 spiro atoms. The molecule has 0 aliphatic carbocycles. The van der Waals surface area contributed by atoms with Crippen LogP contribution in [0.3, 0.4) is 0 Å². The van der Waals surface area contributed by atoms with Gasteiger partial charge in [0.1, 0.15) is 10.9 Å². The van der Waals surface area contributed by atoms with Crippen LogP contribution in [0.25, 0.3) is 0 Å². The number of rotatable bonds is 3. The van der Waals surface area contributed by atoms with E-state index in [1.165, 1.54) is 0 Å². The second-order valence-corrected chi connectivity index (χ2v) is 4.01. The quantitative estimate of drug-likeness (QED) is 0.894. The van der Waals surface area contributed by atoms with Gasteiger partial charge >= 0.3 is 0 Å². The van der Waals surface area contributed by atoms with E-state index in [-0.39, 0.29) is 0 Å². The van der Waals surface area contributed by atoms with Crippen molar-refractivity contribution in [3.8, 4) is 0 Å². The highest BCUT2D eigenvalue weighted by atomic mass is 35.5. The highest BCUT2D eigenvalue weighted by molar-refractivity contribution is 6.30. The summed E-state index contributed by atoms with van der Waals surface area (Å²) in [5.41, 5.74) is 1.89. The normalized spacial score (nSPS) is 10.8. The standard InChI is InChI=1S/C10H13ClN4O/c1-6-4-9(14-16-6)12-5-8-7(2)13-15(3)10(8)11/h4H,5H2,1-3H3,(H,12,14). The fourth-order valence-corrected chi connectivity index (χ4v) is 1.74. The second-order valence-electron chi connectivity index (χ2n) is 3.65. The van der Waals surface area contributed by atoms with E-state index in [0.29, 0.717) is 17.5 Å². The molecule has 0 bridgehead atoms. The molecule has 2 aromatic heterocycles. The summed E-state index contributed by atoms with van der Waals surface area (Å²) in [6.07, 6.45) is 0. The van der Waals surface area contributed by atoms with E-state index in [1.807, 2.05) is 27.0 Å². The van der Waals surface area contributed by atoms with Crippen molar-refractivity contribution < 1.29 is 4.52 Å². The van der Waals surface area contributed by atoms with E-state index in [4.69, 9.17) is 16.1 Å². The number of aromatic nitrogens is 3. The van der Waals surface area contributed by atoms with Crippen LogP contribution in [0.1, 0.15) is 17.0 Å². The zero-order chi connectivity index (χ0) is 11.7. The van der Waals surface area contributed by atoms with Crippen LogP contribution >= 0.6 is 11.6 Å². The number of nitrogens with one attached hydrogen (secondary N) is 1. The number of hydrogen-bond donors (Lipinski definition) is 1. The topological polar surface area (TPSA) is 55.9 Å². The Morgan fingerprint density at radius 1 is 1.50 bits per heavy atom. The lowest BCUT2D eigenvalue weighted by atomic mass is 10.2. The number of aryl methyl sites for hydroxylation is 3. The van der Waals surface area contributed by atoms with Crippen LogP contribution < -0.4 is 5.32 Å². The van der Waals surface area contributed by atoms with Gasteiger partial charge in [-0.3, -0.25) is 4.68 Å². The molecular formula is C10H13ClN4O. The second kappa shape index (κ2) is 4.17. The first-order valence-corrected chi connectivity index (χ1v) is 5.31. The van der Waals surface area contributed by atoms with Crippen LogP contribution in [-0.2, 0) is 13.6 Å². The molecular weight excluding hydrogens is 228 g/mol. The summed E-state index contributed by atoms with van der Waals surface area (Å²) < 4.78 is 6.61. The SMILES string of the molecule is Cc1cc(NCc2c(C)nn(C)c2Cl)no1. The monoisotopic (exact) mass is 240 g/mol. The van der Waals surface area contributed by atoms with Gasteiger partial charge in [-0.15, -0.1) is 0 Å². The minimum atomic E-state index is 0.588. The van der Waals surface area contributed by atoms with Crippen molar-refractivity contribution >= 4 is 17.4 Å². The molecule has 1 N–H and O–H groups in total. The predicted octanol–water partition coefficient (Wildman–Crippen LogP) is 2.29. The Morgan fingerprint density at radius 2 is 2.25 bits per heavy atom. The number of nitrogens with zero attached hydrogens (tertiary/aromatic N) is 3. The molecule has 0 amide bonds. The zero-order valence-electron chi connectivity index (χ0n) is 9.41. The fourth-order valence-electron chi connectivity index (χ4n) is 1.50. The van der Waals surface area contributed by atoms with Gasteiger partial charge in [0.15, 0.2) is 5.82 Å². The third-order valence-electron chi connectivity index (χ3n) is 2.34. The predicted molar refractivity (Wildman–Crippen MR) is 61.5 cm³/mol. The molecule has 0 fully saturated rings. The minimum absolute atomic E-state index is 0.588. The molecule has 0 unspecified atom stereocenters. The number of anilines is 1. The Bertz CT molecular complexity index is 503. The van der Waals surface area contributed by atoms with Crippen LogP contribution in [-0.4, -0.2) is 14.9 Å². The van der Waals surface area contributed by atoms with Crippen molar-refractivity contribution in [2.75, 3.05) is 5.32 Å². The molecule has 0 radical (unpaired) electrons. The Labute approximate surface area is 98.4 Å². The summed E-state index contributed by atoms with van der Waals surface area (Å²) in [6, 6.07) is 1.83. The van der Waals surface area contributed by atoms with Crippen molar-refractivity contribution in [1.29, 1.82) is 0 Å². The van der Waals surface area contributed by atoms with Crippen molar-refractivity contribution in [2.24, 2.45) is 7.05 Å². The van der Waals surface area contributed by atoms with Gasteiger partial charge in [-0.05, 0) is 13.8 Å². The van der Waals surface area contributed by atoms with Gasteiger partial charge in [-0.1, -0.05) is 16.8 Å². The van der Waals surface area contributed by atoms with Gasteiger partial charge in [0.2, 0.25) is 0 Å². The van der Waals surface area contributed by atoms with Gasteiger partial charge in [-0.2, -0.15) is 5.10 Å². The maximum absolute atomic E-state index is 6.10. The van der Waals surface area contributed by atoms with E-state index in [1.54, 1.807) is 4.68 Å². The Hall–Kier alpha value is -1.49. The highest BCUT2D eigenvalue weighted by Crippen LogP contribution is 2.19. The molecule has 2 heterocycles. The lowest BCUT2D eigenvalue weighted by molar-refractivity contribution is 0.399.